The summed E-state index contributed by atoms with van der Waals surface area (Å²) in [5.41, 5.74) is 2.89. The monoisotopic (exact) mass is 662 g/mol. The SMILES string of the molecule is CC(CCC(Br)C(Br)CCC(CC(C)c1ccccc1)C(Br)CBr)c1ccccc1. The number of alkyl halides is 4. The summed E-state index contributed by atoms with van der Waals surface area (Å²) >= 11 is 15.6. The van der Waals surface area contributed by atoms with E-state index in [2.05, 4.69) is 138 Å². The van der Waals surface area contributed by atoms with Gasteiger partial charge in [-0.15, -0.1) is 0 Å². The molecule has 0 aliphatic heterocycles. The molecule has 0 aromatic heterocycles. The first-order chi connectivity index (χ1) is 14.4. The molecule has 4 heteroatoms. The molecular weight excluding hydrogens is 632 g/mol. The molecule has 6 atom stereocenters. The molecule has 0 nitrogen and oxygen atoms in total. The van der Waals surface area contributed by atoms with Crippen LogP contribution in [0.5, 0.6) is 0 Å². The second kappa shape index (κ2) is 14.5. The normalized spacial score (nSPS) is 17.7. The first kappa shape index (κ1) is 26.6. The Balaban J connectivity index is 1.83. The van der Waals surface area contributed by atoms with E-state index in [1.165, 1.54) is 43.2 Å². The Kier molecular flexibility index (Phi) is 12.9. The fraction of sp³-hybridized carbons (Fsp3) is 0.538. The van der Waals surface area contributed by atoms with Crippen molar-refractivity contribution in [3.05, 3.63) is 71.8 Å². The zero-order valence-electron chi connectivity index (χ0n) is 18.0. The van der Waals surface area contributed by atoms with E-state index in [-0.39, 0.29) is 0 Å². The van der Waals surface area contributed by atoms with Crippen LogP contribution in [-0.4, -0.2) is 19.8 Å². The molecule has 0 N–H and O–H groups in total. The molecule has 0 fully saturated rings. The number of hydrogen-bond donors (Lipinski definition) is 0. The smallest absolute Gasteiger partial charge is 0.0271 e. The van der Waals surface area contributed by atoms with Crippen LogP contribution in [0.2, 0.25) is 0 Å². The van der Waals surface area contributed by atoms with Crippen molar-refractivity contribution in [3.8, 4) is 0 Å². The summed E-state index contributed by atoms with van der Waals surface area (Å²) in [4.78, 5) is 1.52. The van der Waals surface area contributed by atoms with Gasteiger partial charge < -0.3 is 0 Å². The zero-order valence-corrected chi connectivity index (χ0v) is 24.3. The number of halogens is 4. The van der Waals surface area contributed by atoms with E-state index in [9.17, 15) is 0 Å². The summed E-state index contributed by atoms with van der Waals surface area (Å²) in [6.07, 6.45) is 6.03. The summed E-state index contributed by atoms with van der Waals surface area (Å²) in [6, 6.07) is 21.8. The molecule has 0 bridgehead atoms. The maximum atomic E-state index is 3.99. The van der Waals surface area contributed by atoms with E-state index < -0.39 is 0 Å². The molecule has 2 aromatic carbocycles. The summed E-state index contributed by atoms with van der Waals surface area (Å²) in [5, 5.41) is 0.998. The van der Waals surface area contributed by atoms with Gasteiger partial charge in [0.15, 0.2) is 0 Å². The third-order valence-electron chi connectivity index (χ3n) is 6.13. The lowest BCUT2D eigenvalue weighted by molar-refractivity contribution is 0.407. The Morgan fingerprint density at radius 3 is 1.57 bits per heavy atom. The van der Waals surface area contributed by atoms with Gasteiger partial charge in [0.05, 0.1) is 0 Å². The van der Waals surface area contributed by atoms with Crippen molar-refractivity contribution in [1.82, 2.24) is 0 Å². The Labute approximate surface area is 217 Å². The van der Waals surface area contributed by atoms with Crippen LogP contribution < -0.4 is 0 Å². The van der Waals surface area contributed by atoms with E-state index in [0.29, 0.717) is 32.2 Å². The molecule has 0 saturated heterocycles. The van der Waals surface area contributed by atoms with E-state index in [0.717, 1.165) is 5.33 Å². The van der Waals surface area contributed by atoms with Crippen molar-refractivity contribution >= 4 is 63.7 Å². The molecule has 0 radical (unpaired) electrons. The largest absolute Gasteiger partial charge is 0.0916 e. The fourth-order valence-electron chi connectivity index (χ4n) is 4.04. The minimum Gasteiger partial charge on any atom is -0.0916 e. The first-order valence-electron chi connectivity index (χ1n) is 11.0. The lowest BCUT2D eigenvalue weighted by atomic mass is 9.85. The second-order valence-corrected chi connectivity index (χ2v) is 12.7. The Morgan fingerprint density at radius 1 is 0.600 bits per heavy atom. The summed E-state index contributed by atoms with van der Waals surface area (Å²) in [7, 11) is 0. The van der Waals surface area contributed by atoms with Gasteiger partial charge in [-0.2, -0.15) is 0 Å². The number of rotatable bonds is 13. The average molecular weight is 666 g/mol. The third kappa shape index (κ3) is 9.08. The molecule has 0 heterocycles. The first-order valence-corrected chi connectivity index (χ1v) is 14.9. The van der Waals surface area contributed by atoms with Gasteiger partial charge in [0.1, 0.15) is 0 Å². The van der Waals surface area contributed by atoms with Gasteiger partial charge in [-0.25, -0.2) is 0 Å². The highest BCUT2D eigenvalue weighted by Gasteiger charge is 2.24. The van der Waals surface area contributed by atoms with Crippen LogP contribution >= 0.6 is 63.7 Å². The Morgan fingerprint density at radius 2 is 1.07 bits per heavy atom. The van der Waals surface area contributed by atoms with Gasteiger partial charge in [-0.3, -0.25) is 0 Å². The molecular formula is C26H34Br4. The van der Waals surface area contributed by atoms with E-state index in [1.807, 2.05) is 0 Å². The standard InChI is InChI=1S/C26H34Br4/c1-19(21-9-5-3-6-10-21)13-15-24(28)25(29)16-14-23(26(30)18-27)17-20(2)22-11-7-4-8-12-22/h3-12,19-20,23-26H,13-18H2,1-2H3. The highest BCUT2D eigenvalue weighted by atomic mass is 79.9. The lowest BCUT2D eigenvalue weighted by Gasteiger charge is -2.27. The van der Waals surface area contributed by atoms with Gasteiger partial charge in [-0.1, -0.05) is 138 Å². The third-order valence-corrected chi connectivity index (χ3v) is 11.7. The minimum absolute atomic E-state index is 0.505. The average Bonchev–Trinajstić information content (AvgIpc) is 2.80. The predicted octanol–water partition coefficient (Wildman–Crippen LogP) is 9.85. The highest BCUT2D eigenvalue weighted by Crippen LogP contribution is 2.35. The maximum Gasteiger partial charge on any atom is 0.0271 e. The molecule has 166 valence electrons. The second-order valence-electron chi connectivity index (χ2n) is 8.48. The van der Waals surface area contributed by atoms with Gasteiger partial charge in [-0.05, 0) is 61.0 Å². The minimum atomic E-state index is 0.505. The molecule has 2 aromatic rings. The van der Waals surface area contributed by atoms with Gasteiger partial charge >= 0.3 is 0 Å². The molecule has 0 aliphatic rings. The molecule has 30 heavy (non-hydrogen) atoms. The van der Waals surface area contributed by atoms with Crippen molar-refractivity contribution in [2.75, 3.05) is 5.33 Å². The summed E-state index contributed by atoms with van der Waals surface area (Å²) in [6.45, 7) is 4.70. The Hall–Kier alpha value is 0.360. The van der Waals surface area contributed by atoms with Crippen LogP contribution in [0.25, 0.3) is 0 Å². The van der Waals surface area contributed by atoms with Crippen molar-refractivity contribution in [3.63, 3.8) is 0 Å². The summed E-state index contributed by atoms with van der Waals surface area (Å²) < 4.78 is 0. The predicted molar refractivity (Wildman–Crippen MR) is 148 cm³/mol. The van der Waals surface area contributed by atoms with Crippen LogP contribution in [0.15, 0.2) is 60.7 Å². The molecule has 0 amide bonds. The van der Waals surface area contributed by atoms with Gasteiger partial charge in [0.2, 0.25) is 0 Å². The quantitative estimate of drug-likeness (QED) is 0.187. The summed E-state index contributed by atoms with van der Waals surface area (Å²) in [5.74, 6) is 1.84. The van der Waals surface area contributed by atoms with Crippen molar-refractivity contribution in [1.29, 1.82) is 0 Å². The topological polar surface area (TPSA) is 0 Å². The molecule has 6 unspecified atom stereocenters. The molecule has 0 spiro atoms. The van der Waals surface area contributed by atoms with Crippen LogP contribution in [0.3, 0.4) is 0 Å². The van der Waals surface area contributed by atoms with Gasteiger partial charge in [0, 0.05) is 19.8 Å². The van der Waals surface area contributed by atoms with E-state index in [4.69, 9.17) is 0 Å². The Bertz CT molecular complexity index is 691. The molecule has 0 aliphatic carbocycles. The molecule has 2 rings (SSSR count). The van der Waals surface area contributed by atoms with Crippen molar-refractivity contribution in [2.45, 2.75) is 72.3 Å². The highest BCUT2D eigenvalue weighted by molar-refractivity contribution is 9.12. The number of hydrogen-bond acceptors (Lipinski definition) is 0. The lowest BCUT2D eigenvalue weighted by Crippen LogP contribution is -2.22. The number of benzene rings is 2. The van der Waals surface area contributed by atoms with Crippen LogP contribution in [0, 0.1) is 5.92 Å². The van der Waals surface area contributed by atoms with E-state index >= 15 is 0 Å². The van der Waals surface area contributed by atoms with Gasteiger partial charge in [0.25, 0.3) is 0 Å². The van der Waals surface area contributed by atoms with Crippen LogP contribution in [-0.2, 0) is 0 Å². The van der Waals surface area contributed by atoms with Crippen LogP contribution in [0.1, 0.15) is 68.9 Å². The van der Waals surface area contributed by atoms with Crippen molar-refractivity contribution in [2.24, 2.45) is 5.92 Å². The molecule has 0 saturated carbocycles. The maximum absolute atomic E-state index is 3.99. The van der Waals surface area contributed by atoms with Crippen molar-refractivity contribution < 1.29 is 0 Å². The fourth-order valence-corrected chi connectivity index (χ4v) is 6.10. The van der Waals surface area contributed by atoms with Crippen LogP contribution in [0.4, 0.5) is 0 Å². The zero-order chi connectivity index (χ0) is 21.9. The van der Waals surface area contributed by atoms with E-state index in [1.54, 1.807) is 0 Å².